The van der Waals surface area contributed by atoms with Gasteiger partial charge in [-0.15, -0.1) is 0 Å². The van der Waals surface area contributed by atoms with Crippen molar-refractivity contribution in [3.05, 3.63) is 11.8 Å². The van der Waals surface area contributed by atoms with Crippen molar-refractivity contribution in [1.82, 2.24) is 10.4 Å². The van der Waals surface area contributed by atoms with E-state index in [1.54, 1.807) is 6.08 Å². The van der Waals surface area contributed by atoms with Crippen LogP contribution in [0, 0.1) is 0 Å². The van der Waals surface area contributed by atoms with Crippen LogP contribution in [0.25, 0.3) is 0 Å². The number of nitrogens with zero attached hydrogens (tertiary/aromatic N) is 2. The standard InChI is InChI=1S/C10H18N4O2/c1-14(16-2)10(15)9(11)6-8-7-12-4-3-5-13-8/h6,12H,3-5,7,11H2,1-2H3/b9-6-. The van der Waals surface area contributed by atoms with Crippen molar-refractivity contribution in [2.24, 2.45) is 10.7 Å². The molecule has 0 radical (unpaired) electrons. The zero-order valence-electron chi connectivity index (χ0n) is 9.69. The number of aliphatic imine (C=N–C) groups is 1. The molecule has 3 N–H and O–H groups in total. The Hall–Kier alpha value is -1.40. The monoisotopic (exact) mass is 226 g/mol. The number of carbonyl (C=O) groups is 1. The van der Waals surface area contributed by atoms with Crippen LogP contribution in [0.4, 0.5) is 0 Å². The predicted molar refractivity (Wildman–Crippen MR) is 61.8 cm³/mol. The third-order valence-electron chi connectivity index (χ3n) is 2.26. The van der Waals surface area contributed by atoms with Crippen LogP contribution in [0.3, 0.4) is 0 Å². The summed E-state index contributed by atoms with van der Waals surface area (Å²) in [6.07, 6.45) is 2.60. The summed E-state index contributed by atoms with van der Waals surface area (Å²) in [6.45, 7) is 2.35. The van der Waals surface area contributed by atoms with Gasteiger partial charge in [0.2, 0.25) is 0 Å². The second kappa shape index (κ2) is 6.24. The van der Waals surface area contributed by atoms with Crippen LogP contribution in [0.15, 0.2) is 16.8 Å². The molecule has 6 nitrogen and oxygen atoms in total. The topological polar surface area (TPSA) is 80.0 Å². The Labute approximate surface area is 95.1 Å². The van der Waals surface area contributed by atoms with Crippen LogP contribution >= 0.6 is 0 Å². The van der Waals surface area contributed by atoms with Crippen LogP contribution in [0.2, 0.25) is 0 Å². The highest BCUT2D eigenvalue weighted by molar-refractivity contribution is 6.04. The molecule has 0 unspecified atom stereocenters. The Morgan fingerprint density at radius 1 is 1.69 bits per heavy atom. The second-order valence-electron chi connectivity index (χ2n) is 3.49. The van der Waals surface area contributed by atoms with E-state index in [2.05, 4.69) is 10.3 Å². The highest BCUT2D eigenvalue weighted by Gasteiger charge is 2.12. The van der Waals surface area contributed by atoms with Crippen molar-refractivity contribution in [3.63, 3.8) is 0 Å². The van der Waals surface area contributed by atoms with E-state index < -0.39 is 0 Å². The summed E-state index contributed by atoms with van der Waals surface area (Å²) in [5.74, 6) is -0.366. The van der Waals surface area contributed by atoms with Gasteiger partial charge in [0.05, 0.1) is 12.8 Å². The van der Waals surface area contributed by atoms with Crippen molar-refractivity contribution < 1.29 is 9.63 Å². The van der Waals surface area contributed by atoms with E-state index in [1.165, 1.54) is 14.2 Å². The molecule has 6 heteroatoms. The minimum atomic E-state index is -0.366. The van der Waals surface area contributed by atoms with Gasteiger partial charge in [-0.1, -0.05) is 0 Å². The number of carbonyl (C=O) groups excluding carboxylic acids is 1. The summed E-state index contributed by atoms with van der Waals surface area (Å²) in [7, 11) is 2.92. The number of amides is 1. The van der Waals surface area contributed by atoms with Crippen LogP contribution in [-0.2, 0) is 9.63 Å². The quantitative estimate of drug-likeness (QED) is 0.492. The van der Waals surface area contributed by atoms with Crippen molar-refractivity contribution in [2.45, 2.75) is 6.42 Å². The largest absolute Gasteiger partial charge is 0.394 e. The molecule has 1 heterocycles. The number of hydrogen-bond acceptors (Lipinski definition) is 5. The SMILES string of the molecule is CON(C)C(=O)/C(N)=C/C1=NCCCNC1. The molecule has 16 heavy (non-hydrogen) atoms. The Morgan fingerprint density at radius 2 is 2.44 bits per heavy atom. The van der Waals surface area contributed by atoms with Gasteiger partial charge in [0.1, 0.15) is 5.70 Å². The lowest BCUT2D eigenvalue weighted by molar-refractivity contribution is -0.164. The third kappa shape index (κ3) is 3.63. The molecule has 0 spiro atoms. The maximum atomic E-state index is 11.6. The van der Waals surface area contributed by atoms with Gasteiger partial charge < -0.3 is 11.1 Å². The molecular formula is C10H18N4O2. The molecule has 90 valence electrons. The van der Waals surface area contributed by atoms with Crippen molar-refractivity contribution in [2.75, 3.05) is 33.8 Å². The van der Waals surface area contributed by atoms with Crippen LogP contribution in [0.1, 0.15) is 6.42 Å². The summed E-state index contributed by atoms with van der Waals surface area (Å²) in [6, 6.07) is 0. The van der Waals surface area contributed by atoms with E-state index in [-0.39, 0.29) is 11.6 Å². The molecule has 1 amide bonds. The van der Waals surface area contributed by atoms with E-state index in [9.17, 15) is 4.79 Å². The minimum absolute atomic E-state index is 0.131. The number of hydroxylamine groups is 2. The normalized spacial score (nSPS) is 17.6. The molecule has 0 bridgehead atoms. The number of rotatable bonds is 3. The maximum absolute atomic E-state index is 11.6. The molecule has 1 rings (SSSR count). The molecule has 0 aromatic heterocycles. The lowest BCUT2D eigenvalue weighted by atomic mass is 10.3. The fourth-order valence-electron chi connectivity index (χ4n) is 1.30. The Kier molecular flexibility index (Phi) is 4.94. The number of hydrogen-bond donors (Lipinski definition) is 2. The van der Waals surface area contributed by atoms with Crippen LogP contribution in [0.5, 0.6) is 0 Å². The molecular weight excluding hydrogens is 208 g/mol. The van der Waals surface area contributed by atoms with E-state index in [0.717, 1.165) is 30.3 Å². The fourth-order valence-corrected chi connectivity index (χ4v) is 1.30. The molecule has 1 aliphatic rings. The van der Waals surface area contributed by atoms with Gasteiger partial charge in [-0.2, -0.15) is 0 Å². The molecule has 0 saturated heterocycles. The van der Waals surface area contributed by atoms with Gasteiger partial charge >= 0.3 is 0 Å². The molecule has 0 atom stereocenters. The van der Waals surface area contributed by atoms with E-state index >= 15 is 0 Å². The van der Waals surface area contributed by atoms with Gasteiger partial charge in [-0.3, -0.25) is 14.6 Å². The smallest absolute Gasteiger partial charge is 0.293 e. The summed E-state index contributed by atoms with van der Waals surface area (Å²) in [5.41, 5.74) is 6.59. The third-order valence-corrected chi connectivity index (χ3v) is 2.26. The highest BCUT2D eigenvalue weighted by atomic mass is 16.7. The van der Waals surface area contributed by atoms with Gasteiger partial charge in [0.25, 0.3) is 5.91 Å². The zero-order valence-corrected chi connectivity index (χ0v) is 9.69. The van der Waals surface area contributed by atoms with Gasteiger partial charge in [-0.05, 0) is 19.0 Å². The first-order valence-corrected chi connectivity index (χ1v) is 5.18. The lowest BCUT2D eigenvalue weighted by Gasteiger charge is -2.13. The fraction of sp³-hybridized carbons (Fsp3) is 0.600. The van der Waals surface area contributed by atoms with Gasteiger partial charge in [0.15, 0.2) is 0 Å². The predicted octanol–water partition coefficient (Wildman–Crippen LogP) is -0.717. The van der Waals surface area contributed by atoms with Crippen molar-refractivity contribution in [1.29, 1.82) is 0 Å². The average molecular weight is 226 g/mol. The van der Waals surface area contributed by atoms with Gasteiger partial charge in [0, 0.05) is 20.1 Å². The molecule has 0 saturated carbocycles. The van der Waals surface area contributed by atoms with Crippen molar-refractivity contribution >= 4 is 11.6 Å². The van der Waals surface area contributed by atoms with Crippen LogP contribution < -0.4 is 11.1 Å². The number of likely N-dealkylation sites (N-methyl/N-ethyl adjacent to an activating group) is 1. The minimum Gasteiger partial charge on any atom is -0.394 e. The van der Waals surface area contributed by atoms with Crippen LogP contribution in [-0.4, -0.2) is 50.5 Å². The Balaban J connectivity index is 2.67. The zero-order chi connectivity index (χ0) is 12.0. The molecule has 1 aliphatic heterocycles. The van der Waals surface area contributed by atoms with Crippen molar-refractivity contribution in [3.8, 4) is 0 Å². The molecule has 0 fully saturated rings. The molecule has 0 aromatic rings. The first-order chi connectivity index (χ1) is 7.65. The summed E-state index contributed by atoms with van der Waals surface area (Å²) >= 11 is 0. The van der Waals surface area contributed by atoms with Gasteiger partial charge in [-0.25, -0.2) is 5.06 Å². The first-order valence-electron chi connectivity index (χ1n) is 5.18. The highest BCUT2D eigenvalue weighted by Crippen LogP contribution is 1.97. The lowest BCUT2D eigenvalue weighted by Crippen LogP contribution is -2.31. The molecule has 0 aliphatic carbocycles. The molecule has 0 aromatic carbocycles. The second-order valence-corrected chi connectivity index (χ2v) is 3.49. The van der Waals surface area contributed by atoms with E-state index in [4.69, 9.17) is 10.6 Å². The maximum Gasteiger partial charge on any atom is 0.293 e. The number of nitrogens with two attached hydrogens (primary N) is 1. The average Bonchev–Trinajstić information content (AvgIpc) is 2.55. The summed E-state index contributed by atoms with van der Waals surface area (Å²) in [5, 5.41) is 4.28. The first kappa shape index (κ1) is 12.7. The summed E-state index contributed by atoms with van der Waals surface area (Å²) in [4.78, 5) is 20.6. The number of nitrogens with one attached hydrogen (secondary N) is 1. The Bertz CT molecular complexity index is 312. The van der Waals surface area contributed by atoms with E-state index in [1.807, 2.05) is 0 Å². The van der Waals surface area contributed by atoms with E-state index in [0.29, 0.717) is 6.54 Å². The summed E-state index contributed by atoms with van der Waals surface area (Å²) < 4.78 is 0. The Morgan fingerprint density at radius 3 is 3.12 bits per heavy atom.